The van der Waals surface area contributed by atoms with Crippen LogP contribution in [0.1, 0.15) is 48.1 Å². The van der Waals surface area contributed by atoms with Gasteiger partial charge in [0.2, 0.25) is 0 Å². The highest BCUT2D eigenvalue weighted by Gasteiger charge is 2.39. The Morgan fingerprint density at radius 3 is 2.45 bits per heavy atom. The van der Waals surface area contributed by atoms with Crippen LogP contribution >= 0.6 is 0 Å². The third-order valence-electron chi connectivity index (χ3n) is 9.14. The van der Waals surface area contributed by atoms with Crippen LogP contribution in [-0.4, -0.2) is 4.57 Å². The number of nitrogens with zero attached hydrogens (tertiary/aromatic N) is 4. The van der Waals surface area contributed by atoms with Crippen LogP contribution in [0.25, 0.3) is 22.7 Å². The van der Waals surface area contributed by atoms with E-state index in [-0.39, 0.29) is 0 Å². The highest BCUT2D eigenvalue weighted by atomic mass is 15.2. The molecule has 0 unspecified atom stereocenters. The molecule has 1 aliphatic heterocycles. The molecule has 0 saturated carbocycles. The smallest absolute Gasteiger partial charge is 0.0992 e. The molecule has 4 aliphatic rings. The van der Waals surface area contributed by atoms with E-state index in [1.807, 2.05) is 30.3 Å². The Bertz CT molecular complexity index is 2030. The second-order valence-electron chi connectivity index (χ2n) is 11.4. The Labute approximate surface area is 245 Å². The first-order chi connectivity index (χ1) is 20.7. The molecule has 3 aromatic carbocycles. The summed E-state index contributed by atoms with van der Waals surface area (Å²) in [6.45, 7) is 0. The topological polar surface area (TPSA) is 55.8 Å². The Morgan fingerprint density at radius 2 is 1.60 bits per heavy atom. The zero-order valence-corrected chi connectivity index (χ0v) is 23.2. The van der Waals surface area contributed by atoms with Crippen molar-refractivity contribution in [2.45, 2.75) is 32.1 Å². The van der Waals surface area contributed by atoms with Crippen LogP contribution < -0.4 is 4.90 Å². The van der Waals surface area contributed by atoms with Crippen LogP contribution in [0, 0.1) is 28.6 Å². The molecule has 0 radical (unpaired) electrons. The average molecular weight is 541 g/mol. The lowest BCUT2D eigenvalue weighted by molar-refractivity contribution is 0.687. The molecule has 1 aromatic heterocycles. The number of nitriles is 2. The van der Waals surface area contributed by atoms with Crippen molar-refractivity contribution in [3.63, 3.8) is 0 Å². The summed E-state index contributed by atoms with van der Waals surface area (Å²) in [7, 11) is 0. The molecule has 4 heteroatoms. The first-order valence-electron chi connectivity index (χ1n) is 14.7. The highest BCUT2D eigenvalue weighted by molar-refractivity contribution is 5.92. The maximum atomic E-state index is 9.67. The summed E-state index contributed by atoms with van der Waals surface area (Å²) in [4.78, 5) is 2.51. The SMILES string of the molecule is N#Cc1cccc(-n2c3c(c4cc(C#N)ccc42)CCC(C2=C4[C@@H](CC=C2)C2=C(C=CCC2)N4c2ccccc2)=C3)c1. The minimum absolute atomic E-state index is 0.392. The fourth-order valence-electron chi connectivity index (χ4n) is 7.35. The highest BCUT2D eigenvalue weighted by Crippen LogP contribution is 2.51. The molecule has 2 heterocycles. The van der Waals surface area contributed by atoms with Gasteiger partial charge in [0.15, 0.2) is 0 Å². The summed E-state index contributed by atoms with van der Waals surface area (Å²) >= 11 is 0. The number of hydrogen-bond acceptors (Lipinski definition) is 3. The van der Waals surface area contributed by atoms with Crippen molar-refractivity contribution in [1.29, 1.82) is 10.5 Å². The van der Waals surface area contributed by atoms with Gasteiger partial charge in [-0.3, -0.25) is 0 Å². The number of para-hydroxylation sites is 1. The Kier molecular flexibility index (Phi) is 5.62. The molecule has 0 N–H and O–H groups in total. The third kappa shape index (κ3) is 3.66. The predicted octanol–water partition coefficient (Wildman–Crippen LogP) is 8.66. The van der Waals surface area contributed by atoms with Crippen molar-refractivity contribution in [1.82, 2.24) is 4.57 Å². The first-order valence-corrected chi connectivity index (χ1v) is 14.7. The van der Waals surface area contributed by atoms with E-state index in [4.69, 9.17) is 0 Å². The first kappa shape index (κ1) is 24.5. The molecule has 0 amide bonds. The molecule has 4 nitrogen and oxygen atoms in total. The van der Waals surface area contributed by atoms with E-state index in [1.165, 1.54) is 33.8 Å². The lowest BCUT2D eigenvalue weighted by atomic mass is 9.81. The summed E-state index contributed by atoms with van der Waals surface area (Å²) in [6.07, 6.45) is 16.8. The van der Waals surface area contributed by atoms with Gasteiger partial charge in [-0.05, 0) is 115 Å². The Balaban J connectivity index is 1.36. The number of anilines is 1. The van der Waals surface area contributed by atoms with Crippen molar-refractivity contribution < 1.29 is 0 Å². The van der Waals surface area contributed by atoms with Gasteiger partial charge in [-0.2, -0.15) is 10.5 Å². The lowest BCUT2D eigenvalue weighted by Gasteiger charge is -2.31. The van der Waals surface area contributed by atoms with Gasteiger partial charge >= 0.3 is 0 Å². The van der Waals surface area contributed by atoms with E-state index >= 15 is 0 Å². The van der Waals surface area contributed by atoms with Crippen molar-refractivity contribution in [3.8, 4) is 17.8 Å². The number of aryl methyl sites for hydroxylation is 1. The van der Waals surface area contributed by atoms with E-state index in [0.29, 0.717) is 17.0 Å². The predicted molar refractivity (Wildman–Crippen MR) is 168 cm³/mol. The minimum Gasteiger partial charge on any atom is -0.313 e. The summed E-state index contributed by atoms with van der Waals surface area (Å²) in [6, 6.07) is 29.2. The van der Waals surface area contributed by atoms with E-state index in [2.05, 4.69) is 94.5 Å². The number of fused-ring (bicyclic) bond motifs is 5. The molecule has 0 bridgehead atoms. The third-order valence-corrected chi connectivity index (χ3v) is 9.14. The summed E-state index contributed by atoms with van der Waals surface area (Å²) < 4.78 is 2.27. The van der Waals surface area contributed by atoms with Crippen LogP contribution in [0.5, 0.6) is 0 Å². The van der Waals surface area contributed by atoms with Gasteiger partial charge in [0.05, 0.1) is 34.5 Å². The van der Waals surface area contributed by atoms with Crippen molar-refractivity contribution in [2.75, 3.05) is 4.90 Å². The second kappa shape index (κ2) is 9.65. The van der Waals surface area contributed by atoms with Crippen molar-refractivity contribution in [2.24, 2.45) is 5.92 Å². The zero-order valence-electron chi connectivity index (χ0n) is 23.2. The van der Waals surface area contributed by atoms with Gasteiger partial charge in [-0.25, -0.2) is 0 Å². The van der Waals surface area contributed by atoms with Gasteiger partial charge < -0.3 is 9.47 Å². The molecule has 0 spiro atoms. The van der Waals surface area contributed by atoms with Gasteiger partial charge in [0.25, 0.3) is 0 Å². The van der Waals surface area contributed by atoms with Crippen LogP contribution in [0.2, 0.25) is 0 Å². The zero-order chi connectivity index (χ0) is 28.2. The quantitative estimate of drug-likeness (QED) is 0.261. The minimum atomic E-state index is 0.392. The van der Waals surface area contributed by atoms with Gasteiger partial charge in [-0.15, -0.1) is 0 Å². The molecule has 4 aromatic rings. The number of hydrogen-bond donors (Lipinski definition) is 0. The number of rotatable bonds is 3. The van der Waals surface area contributed by atoms with Gasteiger partial charge in [0.1, 0.15) is 0 Å². The molecule has 3 aliphatic carbocycles. The number of allylic oxidation sites excluding steroid dienone is 7. The molecule has 42 heavy (non-hydrogen) atoms. The van der Waals surface area contributed by atoms with Gasteiger partial charge in [0, 0.05) is 34.1 Å². The Morgan fingerprint density at radius 1 is 0.762 bits per heavy atom. The largest absolute Gasteiger partial charge is 0.313 e. The fourth-order valence-corrected chi connectivity index (χ4v) is 7.35. The average Bonchev–Trinajstić information content (AvgIpc) is 3.57. The van der Waals surface area contributed by atoms with Crippen LogP contribution in [0.4, 0.5) is 5.69 Å². The molecule has 0 saturated heterocycles. The number of aromatic nitrogens is 1. The van der Waals surface area contributed by atoms with Crippen LogP contribution in [0.15, 0.2) is 125 Å². The number of benzene rings is 3. The molecule has 8 rings (SSSR count). The molecular weight excluding hydrogens is 512 g/mol. The maximum Gasteiger partial charge on any atom is 0.0992 e. The van der Waals surface area contributed by atoms with E-state index in [0.717, 1.165) is 54.4 Å². The van der Waals surface area contributed by atoms with Gasteiger partial charge in [-0.1, -0.05) is 42.5 Å². The van der Waals surface area contributed by atoms with Crippen molar-refractivity contribution in [3.05, 3.63) is 148 Å². The summed E-state index contributed by atoms with van der Waals surface area (Å²) in [5, 5.41) is 20.4. The normalized spacial score (nSPS) is 18.9. The summed E-state index contributed by atoms with van der Waals surface area (Å²) in [5.41, 5.74) is 13.9. The molecule has 200 valence electrons. The lowest BCUT2D eigenvalue weighted by Crippen LogP contribution is -2.22. The molecule has 1 atom stereocenters. The van der Waals surface area contributed by atoms with E-state index < -0.39 is 0 Å². The van der Waals surface area contributed by atoms with E-state index in [9.17, 15) is 10.5 Å². The van der Waals surface area contributed by atoms with Crippen LogP contribution in [-0.2, 0) is 6.42 Å². The van der Waals surface area contributed by atoms with Crippen LogP contribution in [0.3, 0.4) is 0 Å². The van der Waals surface area contributed by atoms with Crippen molar-refractivity contribution >= 4 is 22.7 Å². The molecule has 0 fully saturated rings. The second-order valence-corrected chi connectivity index (χ2v) is 11.4. The van der Waals surface area contributed by atoms with E-state index in [1.54, 1.807) is 5.57 Å². The fraction of sp³-hybridized carbons (Fsp3) is 0.158. The maximum absolute atomic E-state index is 9.67. The molecular formula is C38H28N4. The standard InChI is InChI=1S/C38H28N4/c39-23-25-8-6-11-29(20-25)41-36-19-16-26(24-40)21-34(36)32-18-17-27(22-37(32)41)30-13-7-14-33-31-12-4-5-15-35(31)42(38(30)33)28-9-2-1-3-10-28/h1-3,5-11,13,15-16,19-22,33H,4,12,14,17-18H2/t33-/m0/s1. The Hall–Kier alpha value is -5.32. The monoisotopic (exact) mass is 540 g/mol. The summed E-state index contributed by atoms with van der Waals surface area (Å²) in [5.74, 6) is 0.392.